The molecule has 1 aromatic heterocycles. The van der Waals surface area contributed by atoms with Gasteiger partial charge in [-0.25, -0.2) is 9.78 Å². The second-order valence-electron chi connectivity index (χ2n) is 11.1. The fourth-order valence-corrected chi connectivity index (χ4v) is 6.38. The minimum absolute atomic E-state index is 0.0810. The Kier molecular flexibility index (Phi) is 13.0. The molecule has 5 aromatic rings. The maximum absolute atomic E-state index is 13.7. The van der Waals surface area contributed by atoms with Gasteiger partial charge in [-0.05, 0) is 41.5 Å². The first kappa shape index (κ1) is 34.2. The van der Waals surface area contributed by atoms with Gasteiger partial charge in [0.05, 0.1) is 5.25 Å². The van der Waals surface area contributed by atoms with E-state index in [-0.39, 0.29) is 43.7 Å². The summed E-state index contributed by atoms with van der Waals surface area (Å²) in [6.07, 6.45) is 3.02. The number of benzene rings is 4. The molecule has 0 radical (unpaired) electrons. The van der Waals surface area contributed by atoms with E-state index in [1.165, 1.54) is 18.2 Å². The summed E-state index contributed by atoms with van der Waals surface area (Å²) in [5, 5.41) is 1.83. The summed E-state index contributed by atoms with van der Waals surface area (Å²) in [5.74, 6) is -0.851. The highest BCUT2D eigenvalue weighted by Gasteiger charge is 2.30. The van der Waals surface area contributed by atoms with Gasteiger partial charge in [-0.15, -0.1) is 11.8 Å². The second-order valence-corrected chi connectivity index (χ2v) is 12.6. The van der Waals surface area contributed by atoms with Crippen LogP contribution in [0.2, 0.25) is 0 Å². The fourth-order valence-electron chi connectivity index (χ4n) is 5.05. The molecule has 2 atom stereocenters. The number of rotatable bonds is 17. The monoisotopic (exact) mass is 662 g/mol. The van der Waals surface area contributed by atoms with Crippen molar-refractivity contribution in [1.82, 2.24) is 10.3 Å². The van der Waals surface area contributed by atoms with E-state index in [1.54, 1.807) is 0 Å². The Morgan fingerprint density at radius 1 is 0.667 bits per heavy atom. The maximum Gasteiger partial charge on any atom is 0.360 e. The van der Waals surface area contributed by atoms with Crippen molar-refractivity contribution in [1.29, 1.82) is 0 Å². The topological polar surface area (TPSA) is 108 Å². The van der Waals surface area contributed by atoms with Gasteiger partial charge in [-0.3, -0.25) is 9.59 Å². The summed E-state index contributed by atoms with van der Waals surface area (Å²) in [5.41, 5.74) is 3.91. The quantitative estimate of drug-likeness (QED) is 0.109. The Bertz CT molecular complexity index is 1710. The van der Waals surface area contributed by atoms with Gasteiger partial charge in [0, 0.05) is 13.0 Å². The van der Waals surface area contributed by atoms with E-state index in [4.69, 9.17) is 13.9 Å². The SMILES string of the molecule is O=C(OCc1ccccc1)c1ncoc1CCNC(=O)[C@H](Cc1ccccc1)SC(CCc1ccccc1)C(=O)OCc1ccccc1. The number of hydrogen-bond donors (Lipinski definition) is 1. The van der Waals surface area contributed by atoms with Crippen LogP contribution >= 0.6 is 11.8 Å². The lowest BCUT2D eigenvalue weighted by Crippen LogP contribution is -2.38. The van der Waals surface area contributed by atoms with Crippen LogP contribution in [0.3, 0.4) is 0 Å². The Morgan fingerprint density at radius 3 is 1.81 bits per heavy atom. The highest BCUT2D eigenvalue weighted by atomic mass is 32.2. The number of aryl methyl sites for hydroxylation is 1. The first-order chi connectivity index (χ1) is 23.5. The molecule has 0 aliphatic rings. The van der Waals surface area contributed by atoms with Crippen molar-refractivity contribution in [2.75, 3.05) is 6.54 Å². The first-order valence-corrected chi connectivity index (χ1v) is 16.8. The van der Waals surface area contributed by atoms with Gasteiger partial charge in [0.15, 0.2) is 12.1 Å². The number of nitrogens with one attached hydrogen (secondary N) is 1. The van der Waals surface area contributed by atoms with Crippen molar-refractivity contribution in [3.8, 4) is 0 Å². The van der Waals surface area contributed by atoms with Crippen molar-refractivity contribution in [3.05, 3.63) is 161 Å². The lowest BCUT2D eigenvalue weighted by atomic mass is 10.1. The summed E-state index contributed by atoms with van der Waals surface area (Å²) in [6, 6.07) is 38.6. The number of nitrogens with zero attached hydrogens (tertiary/aromatic N) is 1. The molecule has 1 unspecified atom stereocenters. The van der Waals surface area contributed by atoms with E-state index in [0.29, 0.717) is 25.0 Å². The molecule has 1 heterocycles. The number of ether oxygens (including phenoxy) is 2. The number of hydrogen-bond acceptors (Lipinski definition) is 8. The van der Waals surface area contributed by atoms with Crippen LogP contribution in [0.1, 0.15) is 44.9 Å². The van der Waals surface area contributed by atoms with E-state index < -0.39 is 16.5 Å². The molecule has 0 aliphatic carbocycles. The normalized spacial score (nSPS) is 12.1. The lowest BCUT2D eigenvalue weighted by molar-refractivity contribution is -0.144. The van der Waals surface area contributed by atoms with Crippen LogP contribution in [0.25, 0.3) is 0 Å². The molecule has 5 rings (SSSR count). The molecule has 48 heavy (non-hydrogen) atoms. The molecule has 0 spiro atoms. The van der Waals surface area contributed by atoms with Crippen molar-refractivity contribution in [3.63, 3.8) is 0 Å². The Morgan fingerprint density at radius 2 is 1.21 bits per heavy atom. The van der Waals surface area contributed by atoms with Crippen molar-refractivity contribution in [2.24, 2.45) is 0 Å². The third-order valence-electron chi connectivity index (χ3n) is 7.61. The van der Waals surface area contributed by atoms with Crippen LogP contribution in [-0.2, 0) is 51.5 Å². The van der Waals surface area contributed by atoms with Crippen molar-refractivity contribution < 1.29 is 28.3 Å². The zero-order valence-corrected chi connectivity index (χ0v) is 27.4. The van der Waals surface area contributed by atoms with Gasteiger partial charge < -0.3 is 19.2 Å². The van der Waals surface area contributed by atoms with Crippen molar-refractivity contribution in [2.45, 2.75) is 49.4 Å². The van der Waals surface area contributed by atoms with E-state index in [2.05, 4.69) is 10.3 Å². The molecule has 0 fully saturated rings. The van der Waals surface area contributed by atoms with Crippen LogP contribution in [0.5, 0.6) is 0 Å². The number of thioether (sulfide) groups is 1. The van der Waals surface area contributed by atoms with E-state index >= 15 is 0 Å². The van der Waals surface area contributed by atoms with E-state index in [0.717, 1.165) is 22.3 Å². The second kappa shape index (κ2) is 18.3. The number of amides is 1. The number of carbonyl (C=O) groups excluding carboxylic acids is 3. The molecule has 246 valence electrons. The first-order valence-electron chi connectivity index (χ1n) is 15.9. The van der Waals surface area contributed by atoms with Crippen LogP contribution in [-0.4, -0.2) is 39.9 Å². The average Bonchev–Trinajstić information content (AvgIpc) is 3.61. The molecule has 1 N–H and O–H groups in total. The smallest absolute Gasteiger partial charge is 0.360 e. The molecule has 0 aliphatic heterocycles. The van der Waals surface area contributed by atoms with E-state index in [1.807, 2.05) is 121 Å². The van der Waals surface area contributed by atoms with Gasteiger partial charge in [-0.2, -0.15) is 0 Å². The predicted molar refractivity (Wildman–Crippen MR) is 185 cm³/mol. The van der Waals surface area contributed by atoms with Gasteiger partial charge in [0.2, 0.25) is 5.91 Å². The molecule has 9 heteroatoms. The number of aromatic nitrogens is 1. The highest BCUT2D eigenvalue weighted by molar-refractivity contribution is 8.01. The van der Waals surface area contributed by atoms with Gasteiger partial charge >= 0.3 is 11.9 Å². The molecule has 0 bridgehead atoms. The fraction of sp³-hybridized carbons (Fsp3) is 0.231. The molecular weight excluding hydrogens is 625 g/mol. The Labute approximate surface area is 284 Å². The third kappa shape index (κ3) is 10.7. The number of oxazole rings is 1. The molecular formula is C39H38N2O6S. The zero-order valence-electron chi connectivity index (χ0n) is 26.5. The zero-order chi connectivity index (χ0) is 33.4. The predicted octanol–water partition coefficient (Wildman–Crippen LogP) is 6.78. The summed E-state index contributed by atoms with van der Waals surface area (Å²) in [4.78, 5) is 44.0. The van der Waals surface area contributed by atoms with Gasteiger partial charge in [0.25, 0.3) is 0 Å². The molecule has 8 nitrogen and oxygen atoms in total. The molecule has 1 amide bonds. The third-order valence-corrected chi connectivity index (χ3v) is 9.07. The summed E-state index contributed by atoms with van der Waals surface area (Å²) in [6.45, 7) is 0.469. The van der Waals surface area contributed by atoms with Crippen LogP contribution < -0.4 is 5.32 Å². The summed E-state index contributed by atoms with van der Waals surface area (Å²) < 4.78 is 16.7. The van der Waals surface area contributed by atoms with Crippen LogP contribution in [0.4, 0.5) is 0 Å². The minimum atomic E-state index is -0.596. The summed E-state index contributed by atoms with van der Waals surface area (Å²) >= 11 is 1.32. The van der Waals surface area contributed by atoms with Gasteiger partial charge in [0.1, 0.15) is 24.2 Å². The average molecular weight is 663 g/mol. The standard InChI is InChI=1S/C39H38N2O6S/c42-37(40-24-23-33-36(41-28-47-33)39(44)46-27-32-19-11-4-12-20-32)35(25-30-15-7-2-8-16-30)48-34(22-21-29-13-5-1-6-14-29)38(43)45-26-31-17-9-3-10-18-31/h1-20,28,34-35H,21-27H2,(H,40,42)/t34?,35-/m0/s1. The van der Waals surface area contributed by atoms with Crippen LogP contribution in [0, 0.1) is 0 Å². The molecule has 4 aromatic carbocycles. The number of carbonyl (C=O) groups is 3. The summed E-state index contributed by atoms with van der Waals surface area (Å²) in [7, 11) is 0. The number of esters is 2. The molecule has 0 saturated carbocycles. The minimum Gasteiger partial charge on any atom is -0.460 e. The van der Waals surface area contributed by atoms with Crippen molar-refractivity contribution >= 4 is 29.6 Å². The Hall–Kier alpha value is -5.15. The van der Waals surface area contributed by atoms with E-state index in [9.17, 15) is 14.4 Å². The molecule has 0 saturated heterocycles. The Balaban J connectivity index is 1.24. The maximum atomic E-state index is 13.7. The highest BCUT2D eigenvalue weighted by Crippen LogP contribution is 2.27. The largest absolute Gasteiger partial charge is 0.460 e. The van der Waals surface area contributed by atoms with Crippen LogP contribution in [0.15, 0.2) is 132 Å². The van der Waals surface area contributed by atoms with Gasteiger partial charge in [-0.1, -0.05) is 121 Å². The lowest BCUT2D eigenvalue weighted by Gasteiger charge is -2.22.